The molecule has 7 heteroatoms. The third-order valence-corrected chi connectivity index (χ3v) is 4.36. The monoisotopic (exact) mass is 305 g/mol. The number of rotatable bonds is 2. The molecule has 2 heterocycles. The van der Waals surface area contributed by atoms with E-state index >= 15 is 0 Å². The molecule has 0 bridgehead atoms. The Labute approximate surface area is 128 Å². The molecular formula is C15H19N3O4. The zero-order chi connectivity index (χ0) is 16.3. The number of hydrogen-bond acceptors (Lipinski definition) is 5. The van der Waals surface area contributed by atoms with Gasteiger partial charge >= 0.3 is 6.09 Å². The fourth-order valence-electron chi connectivity index (χ4n) is 3.77. The standard InChI is InChI=1S/C15H19N3O4/c1-14(2)9-15(3,4)17-12(14)16(13(19)22-17)10-5-7-11(8-6-10)18(20)21/h5-8,12H,9H2,1-4H3. The first-order chi connectivity index (χ1) is 10.1. The first kappa shape index (κ1) is 14.8. The maximum absolute atomic E-state index is 12.3. The van der Waals surface area contributed by atoms with Crippen LogP contribution in [0.4, 0.5) is 16.2 Å². The molecule has 0 saturated carbocycles. The molecule has 2 fully saturated rings. The van der Waals surface area contributed by atoms with E-state index in [2.05, 4.69) is 13.8 Å². The summed E-state index contributed by atoms with van der Waals surface area (Å²) in [5, 5.41) is 12.5. The van der Waals surface area contributed by atoms with E-state index < -0.39 is 11.0 Å². The molecule has 1 unspecified atom stereocenters. The lowest BCUT2D eigenvalue weighted by Crippen LogP contribution is -2.45. The second kappa shape index (κ2) is 4.42. The fraction of sp³-hybridized carbons (Fsp3) is 0.533. The largest absolute Gasteiger partial charge is 0.435 e. The van der Waals surface area contributed by atoms with Crippen molar-refractivity contribution in [2.24, 2.45) is 5.41 Å². The van der Waals surface area contributed by atoms with Crippen molar-refractivity contribution >= 4 is 17.5 Å². The van der Waals surface area contributed by atoms with E-state index in [1.165, 1.54) is 12.1 Å². The molecule has 22 heavy (non-hydrogen) atoms. The number of carbonyl (C=O) groups is 1. The lowest BCUT2D eigenvalue weighted by atomic mass is 9.83. The van der Waals surface area contributed by atoms with Gasteiger partial charge in [0.05, 0.1) is 10.5 Å². The van der Waals surface area contributed by atoms with Gasteiger partial charge in [0.2, 0.25) is 0 Å². The Bertz CT molecular complexity index is 639. The second-order valence-electron chi connectivity index (χ2n) is 7.18. The highest BCUT2D eigenvalue weighted by molar-refractivity contribution is 5.90. The highest BCUT2D eigenvalue weighted by Crippen LogP contribution is 2.51. The Balaban J connectivity index is 2.00. The summed E-state index contributed by atoms with van der Waals surface area (Å²) in [5.41, 5.74) is 0.199. The topological polar surface area (TPSA) is 75.9 Å². The minimum Gasteiger partial charge on any atom is -0.348 e. The van der Waals surface area contributed by atoms with Gasteiger partial charge in [0.15, 0.2) is 0 Å². The van der Waals surface area contributed by atoms with Crippen LogP contribution in [0.2, 0.25) is 0 Å². The zero-order valence-corrected chi connectivity index (χ0v) is 13.1. The van der Waals surface area contributed by atoms with E-state index in [4.69, 9.17) is 4.84 Å². The van der Waals surface area contributed by atoms with E-state index in [-0.39, 0.29) is 22.8 Å². The summed E-state index contributed by atoms with van der Waals surface area (Å²) in [6.07, 6.45) is 0.206. The van der Waals surface area contributed by atoms with Crippen LogP contribution in [-0.4, -0.2) is 27.8 Å². The van der Waals surface area contributed by atoms with E-state index in [0.717, 1.165) is 6.42 Å². The number of benzene rings is 1. The quantitative estimate of drug-likeness (QED) is 0.619. The van der Waals surface area contributed by atoms with E-state index in [1.807, 2.05) is 13.8 Å². The number of fused-ring (bicyclic) bond motifs is 1. The number of anilines is 1. The van der Waals surface area contributed by atoms with Crippen molar-refractivity contribution in [3.8, 4) is 0 Å². The van der Waals surface area contributed by atoms with Gasteiger partial charge < -0.3 is 4.84 Å². The molecule has 0 aliphatic carbocycles. The smallest absolute Gasteiger partial charge is 0.348 e. The van der Waals surface area contributed by atoms with Crippen molar-refractivity contribution < 1.29 is 14.6 Å². The van der Waals surface area contributed by atoms with Crippen molar-refractivity contribution in [2.75, 3.05) is 4.90 Å². The number of amides is 1. The molecule has 118 valence electrons. The Kier molecular flexibility index (Phi) is 2.97. The van der Waals surface area contributed by atoms with Gasteiger partial charge in [0.25, 0.3) is 5.69 Å². The lowest BCUT2D eigenvalue weighted by Gasteiger charge is -2.31. The van der Waals surface area contributed by atoms with Crippen LogP contribution in [0.3, 0.4) is 0 Å². The predicted octanol–water partition coefficient (Wildman–Crippen LogP) is 3.30. The Morgan fingerprint density at radius 1 is 1.23 bits per heavy atom. The van der Waals surface area contributed by atoms with Crippen LogP contribution in [-0.2, 0) is 4.84 Å². The van der Waals surface area contributed by atoms with Crippen LogP contribution in [0.15, 0.2) is 24.3 Å². The van der Waals surface area contributed by atoms with Gasteiger partial charge in [0.1, 0.15) is 6.17 Å². The number of nitrogens with zero attached hydrogens (tertiary/aromatic N) is 3. The van der Waals surface area contributed by atoms with Gasteiger partial charge in [-0.2, -0.15) is 0 Å². The molecule has 2 aliphatic rings. The number of hydrogen-bond donors (Lipinski definition) is 0. The Morgan fingerprint density at radius 2 is 1.82 bits per heavy atom. The van der Waals surface area contributed by atoms with Crippen molar-refractivity contribution in [2.45, 2.75) is 45.8 Å². The van der Waals surface area contributed by atoms with Crippen LogP contribution in [0.5, 0.6) is 0 Å². The number of nitro benzene ring substituents is 1. The minimum atomic E-state index is -0.457. The van der Waals surface area contributed by atoms with Gasteiger partial charge in [-0.3, -0.25) is 15.0 Å². The molecule has 1 aromatic rings. The molecule has 2 aliphatic heterocycles. The summed E-state index contributed by atoms with van der Waals surface area (Å²) in [6.45, 7) is 8.28. The lowest BCUT2D eigenvalue weighted by molar-refractivity contribution is -0.384. The molecule has 1 aromatic carbocycles. The van der Waals surface area contributed by atoms with Gasteiger partial charge in [-0.05, 0) is 32.4 Å². The maximum Gasteiger partial charge on any atom is 0.435 e. The van der Waals surface area contributed by atoms with Crippen LogP contribution < -0.4 is 4.90 Å². The third kappa shape index (κ3) is 2.04. The Morgan fingerprint density at radius 3 is 2.36 bits per heavy atom. The van der Waals surface area contributed by atoms with Gasteiger partial charge in [0, 0.05) is 23.2 Å². The van der Waals surface area contributed by atoms with Crippen molar-refractivity contribution in [1.82, 2.24) is 5.06 Å². The summed E-state index contributed by atoms with van der Waals surface area (Å²) >= 11 is 0. The highest BCUT2D eigenvalue weighted by Gasteiger charge is 2.61. The first-order valence-corrected chi connectivity index (χ1v) is 7.18. The van der Waals surface area contributed by atoms with Crippen LogP contribution in [0, 0.1) is 15.5 Å². The second-order valence-corrected chi connectivity index (χ2v) is 7.18. The molecule has 0 aromatic heterocycles. The predicted molar refractivity (Wildman–Crippen MR) is 80.2 cm³/mol. The molecule has 0 N–H and O–H groups in total. The summed E-state index contributed by atoms with van der Waals surface area (Å²) < 4.78 is 0. The van der Waals surface area contributed by atoms with Crippen molar-refractivity contribution in [3.63, 3.8) is 0 Å². The average Bonchev–Trinajstić information content (AvgIpc) is 2.84. The number of hydroxylamine groups is 2. The summed E-state index contributed by atoms with van der Waals surface area (Å²) in [5.74, 6) is 0. The van der Waals surface area contributed by atoms with Crippen LogP contribution in [0.25, 0.3) is 0 Å². The van der Waals surface area contributed by atoms with Gasteiger partial charge in [-0.1, -0.05) is 13.8 Å². The molecule has 1 atom stereocenters. The highest BCUT2D eigenvalue weighted by atomic mass is 16.7. The molecule has 0 spiro atoms. The van der Waals surface area contributed by atoms with Crippen molar-refractivity contribution in [3.05, 3.63) is 34.4 Å². The Hall–Kier alpha value is -2.15. The van der Waals surface area contributed by atoms with Crippen LogP contribution >= 0.6 is 0 Å². The molecule has 0 radical (unpaired) electrons. The maximum atomic E-state index is 12.3. The van der Waals surface area contributed by atoms with E-state index in [1.54, 1.807) is 22.1 Å². The SMILES string of the molecule is CC1(C)CC(C)(C)N2OC(=O)N(c3ccc([N+](=O)[O-])cc3)C21. The van der Waals surface area contributed by atoms with E-state index in [9.17, 15) is 14.9 Å². The summed E-state index contributed by atoms with van der Waals surface area (Å²) in [4.78, 5) is 29.7. The first-order valence-electron chi connectivity index (χ1n) is 7.18. The molecule has 7 nitrogen and oxygen atoms in total. The molecule has 3 rings (SSSR count). The minimum absolute atomic E-state index is 0.000757. The number of non-ortho nitro benzene ring substituents is 1. The normalized spacial score (nSPS) is 25.9. The molecular weight excluding hydrogens is 286 g/mol. The molecule has 1 amide bonds. The summed E-state index contributed by atoms with van der Waals surface area (Å²) in [7, 11) is 0. The van der Waals surface area contributed by atoms with Crippen molar-refractivity contribution in [1.29, 1.82) is 0 Å². The third-order valence-electron chi connectivity index (χ3n) is 4.36. The number of carbonyl (C=O) groups excluding carboxylic acids is 1. The fourth-order valence-corrected chi connectivity index (χ4v) is 3.77. The van der Waals surface area contributed by atoms with Gasteiger partial charge in [-0.15, -0.1) is 5.06 Å². The zero-order valence-electron chi connectivity index (χ0n) is 13.1. The summed E-state index contributed by atoms with van der Waals surface area (Å²) in [6, 6.07) is 5.98. The van der Waals surface area contributed by atoms with Crippen LogP contribution in [0.1, 0.15) is 34.1 Å². The average molecular weight is 305 g/mol. The number of nitro groups is 1. The van der Waals surface area contributed by atoms with Gasteiger partial charge in [-0.25, -0.2) is 4.79 Å². The molecule has 2 saturated heterocycles. The van der Waals surface area contributed by atoms with E-state index in [0.29, 0.717) is 5.69 Å².